The minimum absolute atomic E-state index is 0.116. The monoisotopic (exact) mass is 332 g/mol. The van der Waals surface area contributed by atoms with Crippen LogP contribution in [-0.4, -0.2) is 18.1 Å². The predicted molar refractivity (Wildman–Crippen MR) is 103 cm³/mol. The third-order valence-electron chi connectivity index (χ3n) is 5.73. The smallest absolute Gasteiger partial charge is 0.223 e. The molecular formula is C22H24N2O. The molecule has 0 aliphatic carbocycles. The lowest BCUT2D eigenvalue weighted by molar-refractivity contribution is -0.124. The largest absolute Gasteiger partial charge is 0.344 e. The maximum atomic E-state index is 12.3. The number of hydrogen-bond donors (Lipinski definition) is 1. The van der Waals surface area contributed by atoms with Crippen LogP contribution < -0.4 is 10.2 Å². The van der Waals surface area contributed by atoms with Gasteiger partial charge in [-0.05, 0) is 30.2 Å². The van der Waals surface area contributed by atoms with Crippen molar-refractivity contribution < 1.29 is 4.79 Å². The number of amides is 1. The van der Waals surface area contributed by atoms with E-state index in [1.165, 1.54) is 16.8 Å². The number of nitrogens with zero attached hydrogens (tertiary/aromatic N) is 1. The van der Waals surface area contributed by atoms with Gasteiger partial charge in [0.1, 0.15) is 5.66 Å². The Morgan fingerprint density at radius 2 is 1.80 bits per heavy atom. The van der Waals surface area contributed by atoms with Gasteiger partial charge in [0.25, 0.3) is 0 Å². The van der Waals surface area contributed by atoms with E-state index in [9.17, 15) is 4.79 Å². The molecule has 1 amide bonds. The number of aryl methyl sites for hydroxylation is 1. The Balaban J connectivity index is 1.83. The Labute approximate surface area is 149 Å². The molecule has 1 atom stereocenters. The van der Waals surface area contributed by atoms with Gasteiger partial charge in [-0.1, -0.05) is 68.0 Å². The summed E-state index contributed by atoms with van der Waals surface area (Å²) < 4.78 is 0. The van der Waals surface area contributed by atoms with Crippen molar-refractivity contribution in [3.63, 3.8) is 0 Å². The number of fused-ring (bicyclic) bond motifs is 3. The second-order valence-electron chi connectivity index (χ2n) is 7.60. The molecule has 0 radical (unpaired) electrons. The van der Waals surface area contributed by atoms with Crippen molar-refractivity contribution in [2.45, 2.75) is 38.3 Å². The van der Waals surface area contributed by atoms with Gasteiger partial charge < -0.3 is 10.2 Å². The van der Waals surface area contributed by atoms with E-state index >= 15 is 0 Å². The molecule has 2 aliphatic rings. The number of anilines is 1. The number of nitrogens with one attached hydrogen (secondary N) is 1. The molecule has 3 nitrogen and oxygen atoms in total. The van der Waals surface area contributed by atoms with Gasteiger partial charge in [0.2, 0.25) is 5.91 Å². The number of carbonyl (C=O) groups excluding carboxylic acids is 1. The van der Waals surface area contributed by atoms with Gasteiger partial charge in [0.15, 0.2) is 0 Å². The summed E-state index contributed by atoms with van der Waals surface area (Å²) in [5.41, 5.74) is 4.15. The van der Waals surface area contributed by atoms with Gasteiger partial charge in [-0.15, -0.1) is 0 Å². The molecule has 2 heterocycles. The molecule has 4 rings (SSSR count). The Bertz CT molecular complexity index is 851. The van der Waals surface area contributed by atoms with E-state index in [2.05, 4.69) is 91.7 Å². The van der Waals surface area contributed by atoms with E-state index < -0.39 is 5.66 Å². The number of hydrogen-bond acceptors (Lipinski definition) is 2. The first kappa shape index (κ1) is 15.9. The van der Waals surface area contributed by atoms with Gasteiger partial charge in [0, 0.05) is 24.1 Å². The molecule has 1 fully saturated rings. The molecule has 1 N–H and O–H groups in total. The highest BCUT2D eigenvalue weighted by molar-refractivity contribution is 5.84. The van der Waals surface area contributed by atoms with Crippen LogP contribution in [0.25, 0.3) is 6.08 Å². The van der Waals surface area contributed by atoms with Crippen molar-refractivity contribution in [2.24, 2.45) is 0 Å². The quantitative estimate of drug-likeness (QED) is 0.901. The van der Waals surface area contributed by atoms with Crippen LogP contribution in [0, 0.1) is 6.92 Å². The highest BCUT2D eigenvalue weighted by atomic mass is 16.2. The maximum absolute atomic E-state index is 12.3. The minimum Gasteiger partial charge on any atom is -0.344 e. The summed E-state index contributed by atoms with van der Waals surface area (Å²) in [5, 5.41) is 3.31. The number of carbonyl (C=O) groups is 1. The second-order valence-corrected chi connectivity index (χ2v) is 7.60. The Kier molecular flexibility index (Phi) is 3.50. The third kappa shape index (κ3) is 2.30. The van der Waals surface area contributed by atoms with E-state index in [4.69, 9.17) is 0 Å². The van der Waals surface area contributed by atoms with Crippen LogP contribution in [0.3, 0.4) is 0 Å². The molecular weight excluding hydrogens is 308 g/mol. The Hall–Kier alpha value is -2.55. The van der Waals surface area contributed by atoms with Crippen LogP contribution in [-0.2, 0) is 10.2 Å². The van der Waals surface area contributed by atoms with Gasteiger partial charge in [0.05, 0.1) is 0 Å². The summed E-state index contributed by atoms with van der Waals surface area (Å²) in [5.74, 6) is 0.116. The van der Waals surface area contributed by atoms with E-state index in [-0.39, 0.29) is 11.3 Å². The molecule has 0 aromatic heterocycles. The fourth-order valence-electron chi connectivity index (χ4n) is 4.21. The van der Waals surface area contributed by atoms with Crippen molar-refractivity contribution in [1.29, 1.82) is 0 Å². The van der Waals surface area contributed by atoms with Gasteiger partial charge >= 0.3 is 0 Å². The fraction of sp³-hybridized carbons (Fsp3) is 0.318. The average molecular weight is 332 g/mol. The lowest BCUT2D eigenvalue weighted by atomic mass is 9.74. The summed E-state index contributed by atoms with van der Waals surface area (Å²) in [6, 6.07) is 17.0. The van der Waals surface area contributed by atoms with Crippen molar-refractivity contribution >= 4 is 17.7 Å². The van der Waals surface area contributed by atoms with Crippen molar-refractivity contribution in [2.75, 3.05) is 11.4 Å². The van der Waals surface area contributed by atoms with Crippen molar-refractivity contribution in [3.05, 3.63) is 71.3 Å². The van der Waals surface area contributed by atoms with E-state index in [0.29, 0.717) is 6.42 Å². The van der Waals surface area contributed by atoms with Crippen LogP contribution in [0.4, 0.5) is 5.69 Å². The maximum Gasteiger partial charge on any atom is 0.223 e. The lowest BCUT2D eigenvalue weighted by Crippen LogP contribution is -2.68. The third-order valence-corrected chi connectivity index (χ3v) is 5.73. The minimum atomic E-state index is -0.531. The molecule has 3 heteroatoms. The molecule has 128 valence electrons. The zero-order chi connectivity index (χ0) is 17.7. The highest BCUT2D eigenvalue weighted by Gasteiger charge is 2.57. The molecule has 2 aromatic rings. The molecule has 2 aromatic carbocycles. The van der Waals surface area contributed by atoms with Crippen LogP contribution in [0.1, 0.15) is 37.0 Å². The summed E-state index contributed by atoms with van der Waals surface area (Å²) in [4.78, 5) is 14.7. The summed E-state index contributed by atoms with van der Waals surface area (Å²) >= 11 is 0. The summed E-state index contributed by atoms with van der Waals surface area (Å²) in [6.45, 7) is 7.27. The van der Waals surface area contributed by atoms with Crippen molar-refractivity contribution in [1.82, 2.24) is 5.32 Å². The molecule has 0 spiro atoms. The molecule has 0 saturated carbocycles. The second kappa shape index (κ2) is 5.48. The standard InChI is InChI=1S/C22H24N2O/c1-16-8-10-17(11-9-16)12-14-22-21(2,3)18-6-4-5-7-19(18)24(22)15-13-20(25)23-22/h4-12,14H,13,15H2,1-3H3,(H,23,25). The topological polar surface area (TPSA) is 32.3 Å². The van der Waals surface area contributed by atoms with E-state index in [0.717, 1.165) is 12.1 Å². The van der Waals surface area contributed by atoms with Crippen LogP contribution in [0.5, 0.6) is 0 Å². The lowest BCUT2D eigenvalue weighted by Gasteiger charge is -2.49. The zero-order valence-electron chi connectivity index (χ0n) is 15.0. The summed E-state index contributed by atoms with van der Waals surface area (Å²) in [7, 11) is 0. The highest BCUT2D eigenvalue weighted by Crippen LogP contribution is 2.52. The van der Waals surface area contributed by atoms with Gasteiger partial charge in [-0.25, -0.2) is 0 Å². The number of rotatable bonds is 2. The number of para-hydroxylation sites is 1. The van der Waals surface area contributed by atoms with E-state index in [1.807, 2.05) is 0 Å². The van der Waals surface area contributed by atoms with Crippen LogP contribution >= 0.6 is 0 Å². The molecule has 0 bridgehead atoms. The number of benzene rings is 2. The fourth-order valence-corrected chi connectivity index (χ4v) is 4.21. The van der Waals surface area contributed by atoms with Crippen molar-refractivity contribution in [3.8, 4) is 0 Å². The first-order valence-corrected chi connectivity index (χ1v) is 8.88. The Morgan fingerprint density at radius 1 is 1.08 bits per heavy atom. The normalized spacial score (nSPS) is 24.1. The molecule has 1 saturated heterocycles. The SMILES string of the molecule is Cc1ccc(C=CC23NC(=O)CCN2c2ccccc2C3(C)C)cc1. The zero-order valence-corrected chi connectivity index (χ0v) is 15.0. The van der Waals surface area contributed by atoms with Gasteiger partial charge in [-0.2, -0.15) is 0 Å². The van der Waals surface area contributed by atoms with Gasteiger partial charge in [-0.3, -0.25) is 4.79 Å². The molecule has 1 unspecified atom stereocenters. The van der Waals surface area contributed by atoms with Crippen LogP contribution in [0.2, 0.25) is 0 Å². The Morgan fingerprint density at radius 3 is 2.56 bits per heavy atom. The molecule has 2 aliphatic heterocycles. The predicted octanol–water partition coefficient (Wildman–Crippen LogP) is 4.02. The van der Waals surface area contributed by atoms with E-state index in [1.54, 1.807) is 0 Å². The van der Waals surface area contributed by atoms with Crippen LogP contribution in [0.15, 0.2) is 54.6 Å². The molecule has 25 heavy (non-hydrogen) atoms. The first-order chi connectivity index (χ1) is 11.9. The first-order valence-electron chi connectivity index (χ1n) is 8.88. The average Bonchev–Trinajstić information content (AvgIpc) is 2.79. The summed E-state index contributed by atoms with van der Waals surface area (Å²) in [6.07, 6.45) is 4.84.